The minimum atomic E-state index is 0.480. The number of hydrogen-bond acceptors (Lipinski definition) is 2. The molecule has 2 heteroatoms. The fourth-order valence-corrected chi connectivity index (χ4v) is 1.93. The van der Waals surface area contributed by atoms with E-state index in [1.54, 1.807) is 0 Å². The summed E-state index contributed by atoms with van der Waals surface area (Å²) in [7, 11) is 0. The molecule has 1 saturated heterocycles. The highest BCUT2D eigenvalue weighted by Gasteiger charge is 2.21. The molecule has 0 amide bonds. The van der Waals surface area contributed by atoms with Gasteiger partial charge < -0.3 is 10.2 Å². The number of hydrogen-bond donors (Lipinski definition) is 1. The Morgan fingerprint density at radius 2 is 2.07 bits per heavy atom. The van der Waals surface area contributed by atoms with Crippen LogP contribution in [-0.4, -0.2) is 37.1 Å². The molecule has 0 aliphatic carbocycles. The van der Waals surface area contributed by atoms with Crippen LogP contribution in [0.2, 0.25) is 0 Å². The maximum absolute atomic E-state index is 3.54. The highest BCUT2D eigenvalue weighted by molar-refractivity contribution is 4.77. The highest BCUT2D eigenvalue weighted by Crippen LogP contribution is 2.21. The van der Waals surface area contributed by atoms with Crippen LogP contribution in [0, 0.1) is 5.41 Å². The summed E-state index contributed by atoms with van der Waals surface area (Å²) < 4.78 is 0. The zero-order valence-electron chi connectivity index (χ0n) is 10.3. The van der Waals surface area contributed by atoms with Gasteiger partial charge in [0.1, 0.15) is 0 Å². The molecule has 1 heterocycles. The molecule has 0 aromatic heterocycles. The van der Waals surface area contributed by atoms with Gasteiger partial charge in [0, 0.05) is 25.7 Å². The van der Waals surface area contributed by atoms with Crippen LogP contribution in [0.1, 0.15) is 40.5 Å². The molecule has 0 aromatic carbocycles. The third-order valence-electron chi connectivity index (χ3n) is 3.41. The van der Waals surface area contributed by atoms with E-state index in [-0.39, 0.29) is 0 Å². The number of nitrogens with one attached hydrogen (secondary N) is 1. The summed E-state index contributed by atoms with van der Waals surface area (Å²) in [6.07, 6.45) is 2.56. The number of nitrogens with zero attached hydrogens (tertiary/aromatic N) is 1. The van der Waals surface area contributed by atoms with Gasteiger partial charge in [-0.2, -0.15) is 0 Å². The van der Waals surface area contributed by atoms with E-state index in [1.165, 1.54) is 32.5 Å². The van der Waals surface area contributed by atoms with Crippen LogP contribution in [0.4, 0.5) is 0 Å². The van der Waals surface area contributed by atoms with Crippen LogP contribution in [0.5, 0.6) is 0 Å². The largest absolute Gasteiger partial charge is 0.313 e. The first kappa shape index (κ1) is 12.0. The van der Waals surface area contributed by atoms with Crippen molar-refractivity contribution in [2.24, 2.45) is 5.41 Å². The van der Waals surface area contributed by atoms with Crippen molar-refractivity contribution in [3.05, 3.63) is 0 Å². The normalized spacial score (nSPS) is 26.1. The zero-order valence-corrected chi connectivity index (χ0v) is 10.3. The molecule has 1 aliphatic rings. The van der Waals surface area contributed by atoms with Crippen molar-refractivity contribution in [3.8, 4) is 0 Å². The molecule has 0 bridgehead atoms. The number of rotatable bonds is 3. The average molecular weight is 198 g/mol. The Morgan fingerprint density at radius 1 is 1.36 bits per heavy atom. The average Bonchev–Trinajstić information content (AvgIpc) is 2.31. The summed E-state index contributed by atoms with van der Waals surface area (Å²) in [6.45, 7) is 14.2. The maximum Gasteiger partial charge on any atom is 0.0107 e. The molecule has 2 nitrogen and oxygen atoms in total. The summed E-state index contributed by atoms with van der Waals surface area (Å²) in [4.78, 5) is 2.61. The lowest BCUT2D eigenvalue weighted by molar-refractivity contribution is 0.181. The monoisotopic (exact) mass is 198 g/mol. The molecular formula is C12H26N2. The molecule has 0 spiro atoms. The minimum Gasteiger partial charge on any atom is -0.313 e. The standard InChI is InChI=1S/C12H26N2/c1-5-12(3,4)10-14-8-6-11(2)13-7-9-14/h11,13H,5-10H2,1-4H3. The van der Waals surface area contributed by atoms with Crippen molar-refractivity contribution < 1.29 is 0 Å². The first-order chi connectivity index (χ1) is 6.53. The second kappa shape index (κ2) is 5.13. The van der Waals surface area contributed by atoms with Gasteiger partial charge in [-0.3, -0.25) is 0 Å². The summed E-state index contributed by atoms with van der Waals surface area (Å²) >= 11 is 0. The fraction of sp³-hybridized carbons (Fsp3) is 1.00. The molecule has 1 rings (SSSR count). The van der Waals surface area contributed by atoms with Crippen LogP contribution >= 0.6 is 0 Å². The van der Waals surface area contributed by atoms with Crippen molar-refractivity contribution in [1.29, 1.82) is 0 Å². The van der Waals surface area contributed by atoms with Crippen molar-refractivity contribution in [2.75, 3.05) is 26.2 Å². The predicted octanol–water partition coefficient (Wildman–Crippen LogP) is 2.11. The van der Waals surface area contributed by atoms with Crippen LogP contribution < -0.4 is 5.32 Å². The maximum atomic E-state index is 3.54. The van der Waals surface area contributed by atoms with E-state index < -0.39 is 0 Å². The Kier molecular flexibility index (Phi) is 4.39. The molecule has 14 heavy (non-hydrogen) atoms. The molecule has 1 atom stereocenters. The Balaban J connectivity index is 2.37. The van der Waals surface area contributed by atoms with E-state index in [2.05, 4.69) is 37.9 Å². The Labute approximate surface area is 89.1 Å². The third-order valence-corrected chi connectivity index (χ3v) is 3.41. The first-order valence-corrected chi connectivity index (χ1v) is 5.99. The fourth-order valence-electron chi connectivity index (χ4n) is 1.93. The van der Waals surface area contributed by atoms with Gasteiger partial charge in [-0.05, 0) is 31.7 Å². The molecule has 84 valence electrons. The predicted molar refractivity (Wildman–Crippen MR) is 62.6 cm³/mol. The lowest BCUT2D eigenvalue weighted by Crippen LogP contribution is -2.36. The Hall–Kier alpha value is -0.0800. The van der Waals surface area contributed by atoms with E-state index >= 15 is 0 Å². The van der Waals surface area contributed by atoms with Gasteiger partial charge in [0.25, 0.3) is 0 Å². The van der Waals surface area contributed by atoms with Gasteiger partial charge in [-0.25, -0.2) is 0 Å². The summed E-state index contributed by atoms with van der Waals surface area (Å²) in [5.74, 6) is 0. The van der Waals surface area contributed by atoms with Crippen LogP contribution in [0.3, 0.4) is 0 Å². The van der Waals surface area contributed by atoms with Crippen LogP contribution in [-0.2, 0) is 0 Å². The second-order valence-electron chi connectivity index (χ2n) is 5.44. The Morgan fingerprint density at radius 3 is 2.71 bits per heavy atom. The van der Waals surface area contributed by atoms with E-state index in [9.17, 15) is 0 Å². The lowest BCUT2D eigenvalue weighted by Gasteiger charge is -2.30. The van der Waals surface area contributed by atoms with Crippen molar-refractivity contribution in [3.63, 3.8) is 0 Å². The molecule has 1 aliphatic heterocycles. The van der Waals surface area contributed by atoms with E-state index in [1.807, 2.05) is 0 Å². The van der Waals surface area contributed by atoms with Crippen molar-refractivity contribution in [1.82, 2.24) is 10.2 Å². The zero-order chi connectivity index (χ0) is 10.6. The SMILES string of the molecule is CCC(C)(C)CN1CCNC(C)CC1. The smallest absolute Gasteiger partial charge is 0.0107 e. The quantitative estimate of drug-likeness (QED) is 0.747. The van der Waals surface area contributed by atoms with E-state index in [0.717, 1.165) is 6.54 Å². The minimum absolute atomic E-state index is 0.480. The molecule has 0 radical (unpaired) electrons. The van der Waals surface area contributed by atoms with Gasteiger partial charge in [-0.15, -0.1) is 0 Å². The van der Waals surface area contributed by atoms with Gasteiger partial charge in [0.05, 0.1) is 0 Å². The second-order valence-corrected chi connectivity index (χ2v) is 5.44. The van der Waals surface area contributed by atoms with E-state index in [4.69, 9.17) is 0 Å². The summed E-state index contributed by atoms with van der Waals surface area (Å²) in [6, 6.07) is 0.699. The van der Waals surface area contributed by atoms with Gasteiger partial charge >= 0.3 is 0 Å². The van der Waals surface area contributed by atoms with Crippen LogP contribution in [0.15, 0.2) is 0 Å². The molecule has 0 aromatic rings. The van der Waals surface area contributed by atoms with Gasteiger partial charge in [-0.1, -0.05) is 20.8 Å². The Bertz CT molecular complexity index is 166. The summed E-state index contributed by atoms with van der Waals surface area (Å²) in [5, 5.41) is 3.54. The lowest BCUT2D eigenvalue weighted by atomic mass is 9.89. The molecule has 1 fully saturated rings. The molecule has 1 unspecified atom stereocenters. The van der Waals surface area contributed by atoms with Gasteiger partial charge in [0.15, 0.2) is 0 Å². The third kappa shape index (κ3) is 3.97. The van der Waals surface area contributed by atoms with Crippen molar-refractivity contribution in [2.45, 2.75) is 46.6 Å². The van der Waals surface area contributed by atoms with Crippen LogP contribution in [0.25, 0.3) is 0 Å². The van der Waals surface area contributed by atoms with E-state index in [0.29, 0.717) is 11.5 Å². The molecule has 0 saturated carbocycles. The topological polar surface area (TPSA) is 15.3 Å². The molecule has 1 N–H and O–H groups in total. The summed E-state index contributed by atoms with van der Waals surface area (Å²) in [5.41, 5.74) is 0.480. The highest BCUT2D eigenvalue weighted by atomic mass is 15.2. The first-order valence-electron chi connectivity index (χ1n) is 5.99. The van der Waals surface area contributed by atoms with Gasteiger partial charge in [0.2, 0.25) is 0 Å². The molecular weight excluding hydrogens is 172 g/mol. The van der Waals surface area contributed by atoms with Crippen molar-refractivity contribution >= 4 is 0 Å².